The molecule has 0 saturated heterocycles. The summed E-state index contributed by atoms with van der Waals surface area (Å²) in [4.78, 5) is 20.1. The van der Waals surface area contributed by atoms with Crippen LogP contribution in [-0.2, 0) is 27.8 Å². The number of nitrogens with one attached hydrogen (secondary N) is 3. The summed E-state index contributed by atoms with van der Waals surface area (Å²) in [7, 11) is -3.54. The van der Waals surface area contributed by atoms with E-state index in [9.17, 15) is 13.2 Å². The van der Waals surface area contributed by atoms with E-state index in [1.54, 1.807) is 19.3 Å². The SMILES string of the molecule is CCCS(=O)(=O)N[C@@H](Cc1ccc(C)cc1)C(=O)NCc1cnc2[nH]ccc2c1. The minimum absolute atomic E-state index is 0.0151. The molecule has 1 atom stereocenters. The molecule has 2 heterocycles. The van der Waals surface area contributed by atoms with Crippen LogP contribution in [0.3, 0.4) is 0 Å². The van der Waals surface area contributed by atoms with E-state index in [0.29, 0.717) is 6.42 Å². The monoisotopic (exact) mass is 414 g/mol. The van der Waals surface area contributed by atoms with Crippen molar-refractivity contribution in [2.75, 3.05) is 5.75 Å². The van der Waals surface area contributed by atoms with Gasteiger partial charge in [0.25, 0.3) is 0 Å². The maximum atomic E-state index is 12.8. The molecule has 0 spiro atoms. The van der Waals surface area contributed by atoms with Crippen molar-refractivity contribution in [1.82, 2.24) is 20.0 Å². The fourth-order valence-corrected chi connectivity index (χ4v) is 4.37. The molecule has 29 heavy (non-hydrogen) atoms. The first kappa shape index (κ1) is 21.0. The smallest absolute Gasteiger partial charge is 0.238 e. The molecule has 3 rings (SSSR count). The number of sulfonamides is 1. The van der Waals surface area contributed by atoms with Gasteiger partial charge in [-0.05, 0) is 43.0 Å². The van der Waals surface area contributed by atoms with Crippen LogP contribution >= 0.6 is 0 Å². The molecule has 0 aliphatic heterocycles. The lowest BCUT2D eigenvalue weighted by atomic mass is 10.0. The van der Waals surface area contributed by atoms with E-state index < -0.39 is 16.1 Å². The maximum absolute atomic E-state index is 12.8. The molecular formula is C21H26N4O3S. The van der Waals surface area contributed by atoms with E-state index in [1.165, 1.54) is 0 Å². The van der Waals surface area contributed by atoms with E-state index >= 15 is 0 Å². The average Bonchev–Trinajstić information content (AvgIpc) is 3.15. The van der Waals surface area contributed by atoms with Crippen LogP contribution in [0, 0.1) is 6.92 Å². The highest BCUT2D eigenvalue weighted by Gasteiger charge is 2.24. The first-order valence-electron chi connectivity index (χ1n) is 9.61. The molecule has 1 amide bonds. The number of rotatable bonds is 9. The molecule has 0 aliphatic carbocycles. The van der Waals surface area contributed by atoms with Crippen LogP contribution in [0.2, 0.25) is 0 Å². The molecule has 8 heteroatoms. The highest BCUT2D eigenvalue weighted by Crippen LogP contribution is 2.12. The van der Waals surface area contributed by atoms with Gasteiger partial charge >= 0.3 is 0 Å². The Morgan fingerprint density at radius 2 is 1.93 bits per heavy atom. The number of amides is 1. The number of H-pyrrole nitrogens is 1. The molecule has 0 radical (unpaired) electrons. The first-order chi connectivity index (χ1) is 13.9. The minimum atomic E-state index is -3.54. The maximum Gasteiger partial charge on any atom is 0.238 e. The number of hydrogen-bond donors (Lipinski definition) is 3. The summed E-state index contributed by atoms with van der Waals surface area (Å²) in [6.07, 6.45) is 4.26. The Morgan fingerprint density at radius 1 is 1.17 bits per heavy atom. The lowest BCUT2D eigenvalue weighted by molar-refractivity contribution is -0.122. The molecule has 0 unspecified atom stereocenters. The number of pyridine rings is 1. The molecule has 3 N–H and O–H groups in total. The van der Waals surface area contributed by atoms with Gasteiger partial charge in [0.1, 0.15) is 11.7 Å². The van der Waals surface area contributed by atoms with E-state index in [0.717, 1.165) is 27.7 Å². The Bertz CT molecular complexity index is 1070. The van der Waals surface area contributed by atoms with Crippen molar-refractivity contribution in [1.29, 1.82) is 0 Å². The van der Waals surface area contributed by atoms with Crippen molar-refractivity contribution in [2.24, 2.45) is 0 Å². The fourth-order valence-electron chi connectivity index (χ4n) is 3.09. The van der Waals surface area contributed by atoms with E-state index in [-0.39, 0.29) is 24.6 Å². The first-order valence-corrected chi connectivity index (χ1v) is 11.3. The van der Waals surface area contributed by atoms with Gasteiger partial charge in [0.15, 0.2) is 0 Å². The Morgan fingerprint density at radius 3 is 2.66 bits per heavy atom. The molecule has 0 fully saturated rings. The van der Waals surface area contributed by atoms with Crippen molar-refractivity contribution < 1.29 is 13.2 Å². The normalized spacial score (nSPS) is 12.8. The summed E-state index contributed by atoms with van der Waals surface area (Å²) < 4.78 is 27.1. The van der Waals surface area contributed by atoms with Crippen molar-refractivity contribution in [3.8, 4) is 0 Å². The largest absolute Gasteiger partial charge is 0.351 e. The zero-order chi connectivity index (χ0) is 20.9. The zero-order valence-corrected chi connectivity index (χ0v) is 17.4. The summed E-state index contributed by atoms with van der Waals surface area (Å²) in [5.41, 5.74) is 3.62. The number of hydrogen-bond acceptors (Lipinski definition) is 4. The summed E-state index contributed by atoms with van der Waals surface area (Å²) in [6.45, 7) is 4.04. The lowest BCUT2D eigenvalue weighted by Gasteiger charge is -2.19. The number of carbonyl (C=O) groups is 1. The van der Waals surface area contributed by atoms with Gasteiger partial charge in [0.05, 0.1) is 5.75 Å². The van der Waals surface area contributed by atoms with Gasteiger partial charge in [0.2, 0.25) is 15.9 Å². The van der Waals surface area contributed by atoms with Crippen LogP contribution in [0.15, 0.2) is 48.8 Å². The number of benzene rings is 1. The predicted octanol–water partition coefficient (Wildman–Crippen LogP) is 2.43. The van der Waals surface area contributed by atoms with Crippen molar-refractivity contribution in [3.05, 3.63) is 65.5 Å². The number of aromatic nitrogens is 2. The Kier molecular flexibility index (Phi) is 6.66. The third kappa shape index (κ3) is 5.88. The van der Waals surface area contributed by atoms with Gasteiger partial charge < -0.3 is 10.3 Å². The quantitative estimate of drug-likeness (QED) is 0.500. The van der Waals surface area contributed by atoms with Crippen LogP contribution in [0.1, 0.15) is 30.0 Å². The fraction of sp³-hybridized carbons (Fsp3) is 0.333. The highest BCUT2D eigenvalue weighted by atomic mass is 32.2. The molecule has 0 bridgehead atoms. The molecular weight excluding hydrogens is 388 g/mol. The van der Waals surface area contributed by atoms with E-state index in [4.69, 9.17) is 0 Å². The second kappa shape index (κ2) is 9.19. The van der Waals surface area contributed by atoms with E-state index in [1.807, 2.05) is 43.3 Å². The van der Waals surface area contributed by atoms with Gasteiger partial charge in [-0.2, -0.15) is 0 Å². The average molecular weight is 415 g/mol. The third-order valence-corrected chi connectivity index (χ3v) is 6.18. The number of fused-ring (bicyclic) bond motifs is 1. The molecule has 1 aromatic carbocycles. The molecule has 0 saturated carbocycles. The predicted molar refractivity (Wildman–Crippen MR) is 114 cm³/mol. The Hall–Kier alpha value is -2.71. The lowest BCUT2D eigenvalue weighted by Crippen LogP contribution is -2.48. The topological polar surface area (TPSA) is 104 Å². The summed E-state index contributed by atoms with van der Waals surface area (Å²) in [6, 6.07) is 10.7. The summed E-state index contributed by atoms with van der Waals surface area (Å²) in [5, 5.41) is 3.79. The second-order valence-electron chi connectivity index (χ2n) is 7.16. The number of aromatic amines is 1. The van der Waals surface area contributed by atoms with Crippen molar-refractivity contribution in [2.45, 2.75) is 39.3 Å². The molecule has 3 aromatic rings. The third-order valence-electron chi connectivity index (χ3n) is 4.60. The zero-order valence-electron chi connectivity index (χ0n) is 16.6. The standard InChI is InChI=1S/C21H26N4O3S/c1-3-10-29(27,28)25-19(12-16-6-4-15(2)5-7-16)21(26)24-14-17-11-18-8-9-22-20(18)23-13-17/h4-9,11,13,19,25H,3,10,12,14H2,1-2H3,(H,22,23)(H,24,26)/t19-/m0/s1. The van der Waals surface area contributed by atoms with E-state index in [2.05, 4.69) is 20.0 Å². The van der Waals surface area contributed by atoms with Crippen LogP contribution < -0.4 is 10.0 Å². The van der Waals surface area contributed by atoms with Crippen molar-refractivity contribution in [3.63, 3.8) is 0 Å². The van der Waals surface area contributed by atoms with Gasteiger partial charge in [0, 0.05) is 24.3 Å². The van der Waals surface area contributed by atoms with Crippen LogP contribution in [0.5, 0.6) is 0 Å². The number of aryl methyl sites for hydroxylation is 1. The van der Waals surface area contributed by atoms with Crippen LogP contribution in [0.25, 0.3) is 11.0 Å². The molecule has 154 valence electrons. The van der Waals surface area contributed by atoms with Gasteiger partial charge in [-0.25, -0.2) is 18.1 Å². The molecule has 7 nitrogen and oxygen atoms in total. The van der Waals surface area contributed by atoms with Gasteiger partial charge in [-0.15, -0.1) is 0 Å². The number of nitrogens with zero attached hydrogens (tertiary/aromatic N) is 1. The highest BCUT2D eigenvalue weighted by molar-refractivity contribution is 7.89. The van der Waals surface area contributed by atoms with Crippen molar-refractivity contribution >= 4 is 27.0 Å². The molecule has 0 aliphatic rings. The van der Waals surface area contributed by atoms with Gasteiger partial charge in [-0.3, -0.25) is 4.79 Å². The Balaban J connectivity index is 1.72. The summed E-state index contributed by atoms with van der Waals surface area (Å²) in [5.74, 6) is -0.377. The van der Waals surface area contributed by atoms with Crippen LogP contribution in [0.4, 0.5) is 0 Å². The second-order valence-corrected chi connectivity index (χ2v) is 9.03. The molecule has 2 aromatic heterocycles. The van der Waals surface area contributed by atoms with Crippen LogP contribution in [-0.4, -0.2) is 36.1 Å². The van der Waals surface area contributed by atoms with Gasteiger partial charge in [-0.1, -0.05) is 36.8 Å². The minimum Gasteiger partial charge on any atom is -0.351 e. The Labute approximate surface area is 171 Å². The summed E-state index contributed by atoms with van der Waals surface area (Å²) >= 11 is 0. The number of carbonyl (C=O) groups excluding carboxylic acids is 1.